The van der Waals surface area contributed by atoms with Gasteiger partial charge in [0.25, 0.3) is 0 Å². The molecule has 17 heavy (non-hydrogen) atoms. The normalized spacial score (nSPS) is 11.9. The standard InChI is InChI=1S/C7H8O.2H3N.H4O5P2/c8-6-7-4-2-1-3-5-7;;;1-6(2)5-7(3)4/h1-5,8H,6H2;2*1H3;6-7H,(H,1,2)(H,3,4). The molecule has 0 radical (unpaired) electrons. The Balaban J connectivity index is -0.000000208. The van der Waals surface area contributed by atoms with Crippen molar-refractivity contribution in [2.75, 3.05) is 0 Å². The van der Waals surface area contributed by atoms with E-state index < -0.39 is 16.5 Å². The molecule has 1 rings (SSSR count). The fraction of sp³-hybridized carbons (Fsp3) is 0.143. The van der Waals surface area contributed by atoms with Crippen LogP contribution in [0.2, 0.25) is 0 Å². The molecule has 9 N–H and O–H groups in total. The lowest BCUT2D eigenvalue weighted by atomic mass is 10.2. The smallest absolute Gasteiger partial charge is 0.323 e. The molecule has 0 aliphatic carbocycles. The zero-order chi connectivity index (χ0) is 11.7. The van der Waals surface area contributed by atoms with Crippen LogP contribution >= 0.6 is 16.5 Å². The van der Waals surface area contributed by atoms with Gasteiger partial charge in [-0.05, 0) is 5.56 Å². The number of rotatable bonds is 3. The van der Waals surface area contributed by atoms with Crippen LogP contribution < -0.4 is 12.3 Å². The first-order valence-corrected chi connectivity index (χ1v) is 6.37. The summed E-state index contributed by atoms with van der Waals surface area (Å²) >= 11 is 0. The second-order valence-corrected chi connectivity index (χ2v) is 4.16. The van der Waals surface area contributed by atoms with Gasteiger partial charge in [-0.25, -0.2) is 4.31 Å². The zero-order valence-electron chi connectivity index (χ0n) is 9.07. The molecule has 8 nitrogen and oxygen atoms in total. The highest BCUT2D eigenvalue weighted by molar-refractivity contribution is 7.46. The topological polar surface area (TPSA) is 174 Å². The highest BCUT2D eigenvalue weighted by atomic mass is 31.2. The second-order valence-electron chi connectivity index (χ2n) is 2.28. The number of hydrogen-bond acceptors (Lipinski definition) is 6. The van der Waals surface area contributed by atoms with Crippen LogP contribution in [0, 0.1) is 0 Å². The number of aliphatic hydroxyl groups excluding tert-OH is 1. The highest BCUT2D eigenvalue weighted by Crippen LogP contribution is 2.30. The van der Waals surface area contributed by atoms with Crippen LogP contribution in [0.4, 0.5) is 0 Å². The lowest BCUT2D eigenvalue weighted by molar-refractivity contribution is 0.282. The molecule has 2 atom stereocenters. The van der Waals surface area contributed by atoms with Crippen molar-refractivity contribution >= 4 is 16.5 Å². The van der Waals surface area contributed by atoms with E-state index in [-0.39, 0.29) is 18.9 Å². The number of hydrogen-bond donors (Lipinski definition) is 5. The molecule has 0 aromatic heterocycles. The van der Waals surface area contributed by atoms with E-state index in [0.29, 0.717) is 0 Å². The lowest BCUT2D eigenvalue weighted by Crippen LogP contribution is -1.77. The van der Waals surface area contributed by atoms with Gasteiger partial charge in [-0.2, -0.15) is 0 Å². The average molecular weight is 288 g/mol. The van der Waals surface area contributed by atoms with Gasteiger partial charge in [0, 0.05) is 0 Å². The molecule has 0 bridgehead atoms. The first-order valence-electron chi connectivity index (χ1n) is 3.84. The van der Waals surface area contributed by atoms with Gasteiger partial charge in [-0.3, -0.25) is 9.13 Å². The van der Waals surface area contributed by atoms with Gasteiger partial charge in [0.15, 0.2) is 0 Å². The van der Waals surface area contributed by atoms with Crippen molar-refractivity contribution in [1.29, 1.82) is 0 Å². The molecule has 0 aliphatic rings. The predicted octanol–water partition coefficient (Wildman–Crippen LogP) is 1.27. The average Bonchev–Trinajstić information content (AvgIpc) is 2.18. The van der Waals surface area contributed by atoms with E-state index in [9.17, 15) is 9.13 Å². The fourth-order valence-corrected chi connectivity index (χ4v) is 1.26. The molecule has 0 saturated heterocycles. The summed E-state index contributed by atoms with van der Waals surface area (Å²) in [6, 6.07) is 9.52. The van der Waals surface area contributed by atoms with Crippen molar-refractivity contribution in [2.45, 2.75) is 6.61 Å². The summed E-state index contributed by atoms with van der Waals surface area (Å²) in [4.78, 5) is 15.4. The van der Waals surface area contributed by atoms with Gasteiger partial charge in [0.2, 0.25) is 0 Å². The van der Waals surface area contributed by atoms with E-state index in [2.05, 4.69) is 4.31 Å². The Morgan fingerprint density at radius 3 is 1.59 bits per heavy atom. The SMILES string of the molecule is N.N.O=[PH](O)O[PH](=O)O.OCc1ccccc1. The van der Waals surface area contributed by atoms with E-state index >= 15 is 0 Å². The highest BCUT2D eigenvalue weighted by Gasteiger charge is 1.93. The summed E-state index contributed by atoms with van der Waals surface area (Å²) in [5, 5.41) is 8.54. The summed E-state index contributed by atoms with van der Waals surface area (Å²) in [6.07, 6.45) is 0. The molecule has 0 amide bonds. The van der Waals surface area contributed by atoms with Crippen LogP contribution in [0.3, 0.4) is 0 Å². The molecule has 0 aliphatic heterocycles. The van der Waals surface area contributed by atoms with E-state index in [1.54, 1.807) is 0 Å². The molecule has 2 unspecified atom stereocenters. The number of benzene rings is 1. The van der Waals surface area contributed by atoms with Crippen LogP contribution in [0.1, 0.15) is 5.56 Å². The Morgan fingerprint density at radius 1 is 1.00 bits per heavy atom. The van der Waals surface area contributed by atoms with E-state index in [4.69, 9.17) is 14.9 Å². The summed E-state index contributed by atoms with van der Waals surface area (Å²) in [7, 11) is -6.40. The summed E-state index contributed by atoms with van der Waals surface area (Å²) in [5.74, 6) is 0. The molecule has 0 saturated carbocycles. The summed E-state index contributed by atoms with van der Waals surface area (Å²) < 4.78 is 22.3. The molecule has 0 fully saturated rings. The maximum absolute atomic E-state index is 9.44. The molecule has 10 heteroatoms. The maximum atomic E-state index is 9.44. The van der Waals surface area contributed by atoms with Crippen molar-refractivity contribution in [3.8, 4) is 0 Å². The van der Waals surface area contributed by atoms with Gasteiger partial charge in [0.1, 0.15) is 0 Å². The van der Waals surface area contributed by atoms with Crippen LogP contribution in [-0.2, 0) is 20.0 Å². The maximum Gasteiger partial charge on any atom is 0.323 e. The minimum Gasteiger partial charge on any atom is -0.392 e. The van der Waals surface area contributed by atoms with Gasteiger partial charge in [-0.1, -0.05) is 30.3 Å². The minimum absolute atomic E-state index is 0. The quantitative estimate of drug-likeness (QED) is 0.516. The fourth-order valence-electron chi connectivity index (χ4n) is 0.658. The molecular formula is C7H18N2O6P2. The third-order valence-electron chi connectivity index (χ3n) is 1.20. The Labute approximate surface area is 100 Å². The van der Waals surface area contributed by atoms with Crippen molar-refractivity contribution < 1.29 is 28.3 Å². The Bertz CT molecular complexity index is 311. The molecule has 0 heterocycles. The summed E-state index contributed by atoms with van der Waals surface area (Å²) in [5.41, 5.74) is 0.965. The van der Waals surface area contributed by atoms with Crippen molar-refractivity contribution in [2.24, 2.45) is 0 Å². The Hall–Kier alpha value is -0.560. The molecule has 0 spiro atoms. The number of aliphatic hydroxyl groups is 1. The molecule has 1 aromatic carbocycles. The van der Waals surface area contributed by atoms with Gasteiger partial charge in [0.05, 0.1) is 6.61 Å². The van der Waals surface area contributed by atoms with Crippen molar-refractivity contribution in [3.63, 3.8) is 0 Å². The minimum atomic E-state index is -3.20. The van der Waals surface area contributed by atoms with E-state index in [0.717, 1.165) is 5.56 Å². The van der Waals surface area contributed by atoms with Crippen molar-refractivity contribution in [3.05, 3.63) is 35.9 Å². The van der Waals surface area contributed by atoms with Gasteiger partial charge in [-0.15, -0.1) is 0 Å². The monoisotopic (exact) mass is 288 g/mol. The summed E-state index contributed by atoms with van der Waals surface area (Å²) in [6.45, 7) is 0.140. The Kier molecular flexibility index (Phi) is 17.2. The van der Waals surface area contributed by atoms with Gasteiger partial charge < -0.3 is 27.2 Å². The zero-order valence-corrected chi connectivity index (χ0v) is 11.1. The van der Waals surface area contributed by atoms with E-state index in [1.807, 2.05) is 30.3 Å². The van der Waals surface area contributed by atoms with E-state index in [1.165, 1.54) is 0 Å². The third kappa shape index (κ3) is 15.4. The van der Waals surface area contributed by atoms with Crippen LogP contribution in [0.5, 0.6) is 0 Å². The molecule has 1 aromatic rings. The molecular weight excluding hydrogens is 270 g/mol. The third-order valence-corrected chi connectivity index (χ3v) is 2.60. The lowest BCUT2D eigenvalue weighted by Gasteiger charge is -1.89. The van der Waals surface area contributed by atoms with Gasteiger partial charge >= 0.3 is 16.5 Å². The van der Waals surface area contributed by atoms with Crippen LogP contribution in [-0.4, -0.2) is 14.9 Å². The first-order chi connectivity index (χ1) is 7.06. The largest absolute Gasteiger partial charge is 0.392 e. The van der Waals surface area contributed by atoms with Crippen molar-refractivity contribution in [1.82, 2.24) is 12.3 Å². The van der Waals surface area contributed by atoms with Crippen LogP contribution in [0.15, 0.2) is 30.3 Å². The first kappa shape index (κ1) is 21.7. The van der Waals surface area contributed by atoms with Crippen LogP contribution in [0.25, 0.3) is 0 Å². The second kappa shape index (κ2) is 13.5. The molecule has 102 valence electrons. The Morgan fingerprint density at radius 2 is 1.41 bits per heavy atom. The predicted molar refractivity (Wildman–Crippen MR) is 65.9 cm³/mol.